The summed E-state index contributed by atoms with van der Waals surface area (Å²) in [6.07, 6.45) is 3.56. The van der Waals surface area contributed by atoms with Gasteiger partial charge in [-0.3, -0.25) is 9.48 Å². The van der Waals surface area contributed by atoms with Gasteiger partial charge in [-0.15, -0.1) is 0 Å². The molecule has 2 rings (SSSR count). The van der Waals surface area contributed by atoms with E-state index in [1.807, 2.05) is 20.2 Å². The summed E-state index contributed by atoms with van der Waals surface area (Å²) in [7, 11) is 3.62. The average Bonchev–Trinajstić information content (AvgIpc) is 2.93. The third-order valence-electron chi connectivity index (χ3n) is 4.24. The Bertz CT molecular complexity index is 682. The van der Waals surface area contributed by atoms with E-state index in [1.165, 1.54) is 5.56 Å². The summed E-state index contributed by atoms with van der Waals surface area (Å²) in [6.45, 7) is 8.58. The lowest BCUT2D eigenvalue weighted by Gasteiger charge is -2.22. The molecule has 0 saturated heterocycles. The van der Waals surface area contributed by atoms with E-state index in [0.29, 0.717) is 0 Å². The molecule has 2 atom stereocenters. The van der Waals surface area contributed by atoms with Gasteiger partial charge in [0.05, 0.1) is 12.2 Å². The van der Waals surface area contributed by atoms with Crippen molar-refractivity contribution in [2.45, 2.75) is 45.2 Å². The summed E-state index contributed by atoms with van der Waals surface area (Å²) in [6, 6.07) is 7.98. The third kappa shape index (κ3) is 4.23. The largest absolute Gasteiger partial charge is 0.348 e. The van der Waals surface area contributed by atoms with Gasteiger partial charge in [0, 0.05) is 18.8 Å². The molecule has 0 radical (unpaired) electrons. The van der Waals surface area contributed by atoms with E-state index in [4.69, 9.17) is 0 Å². The molecule has 0 spiro atoms. The number of nitrogens with zero attached hydrogens (tertiary/aromatic N) is 2. The molecule has 0 aliphatic rings. The van der Waals surface area contributed by atoms with Crippen LogP contribution in [0.3, 0.4) is 0 Å². The highest BCUT2D eigenvalue weighted by atomic mass is 16.2. The Balaban J connectivity index is 2.07. The molecule has 0 aliphatic carbocycles. The van der Waals surface area contributed by atoms with Gasteiger partial charge in [0.25, 0.3) is 0 Å². The van der Waals surface area contributed by atoms with E-state index in [1.54, 1.807) is 17.9 Å². The van der Waals surface area contributed by atoms with Gasteiger partial charge in [-0.05, 0) is 30.5 Å². The summed E-state index contributed by atoms with van der Waals surface area (Å²) in [4.78, 5) is 12.6. The van der Waals surface area contributed by atoms with E-state index in [-0.39, 0.29) is 17.4 Å². The first-order chi connectivity index (χ1) is 11.2. The Hall–Kier alpha value is -2.14. The molecule has 0 fully saturated rings. The molecule has 5 heteroatoms. The fourth-order valence-corrected chi connectivity index (χ4v) is 2.69. The minimum absolute atomic E-state index is 0.0564. The van der Waals surface area contributed by atoms with Crippen molar-refractivity contribution < 1.29 is 4.79 Å². The molecule has 2 unspecified atom stereocenters. The fraction of sp³-hybridized carbons (Fsp3) is 0.474. The zero-order valence-corrected chi connectivity index (χ0v) is 15.4. The molecule has 1 aromatic heterocycles. The Kier molecular flexibility index (Phi) is 5.44. The molecule has 0 saturated carbocycles. The predicted octanol–water partition coefficient (Wildman–Crippen LogP) is 2.86. The minimum atomic E-state index is -0.407. The number of likely N-dealkylation sites (N-methyl/N-ethyl adjacent to an activating group) is 1. The standard InChI is InChI=1S/C19H28N4O/c1-13(14-7-9-16(10-8-14)19(2,3)4)22-18(24)17(20-5)15-11-21-23(6)12-15/h7-13,17,20H,1-6H3,(H,22,24). The van der Waals surface area contributed by atoms with Gasteiger partial charge in [0.2, 0.25) is 5.91 Å². The SMILES string of the molecule is CNC(C(=O)NC(C)c1ccc(C(C)(C)C)cc1)c1cnn(C)c1. The summed E-state index contributed by atoms with van der Waals surface area (Å²) >= 11 is 0. The van der Waals surface area contributed by atoms with Gasteiger partial charge in [-0.1, -0.05) is 45.0 Å². The van der Waals surface area contributed by atoms with Crippen LogP contribution in [0.1, 0.15) is 56.5 Å². The van der Waals surface area contributed by atoms with Crippen molar-refractivity contribution in [1.82, 2.24) is 20.4 Å². The second-order valence-electron chi connectivity index (χ2n) is 7.27. The minimum Gasteiger partial charge on any atom is -0.348 e. The number of amides is 1. The van der Waals surface area contributed by atoms with E-state index in [9.17, 15) is 4.79 Å². The van der Waals surface area contributed by atoms with Crippen LogP contribution in [0.4, 0.5) is 0 Å². The quantitative estimate of drug-likeness (QED) is 0.887. The highest BCUT2D eigenvalue weighted by Crippen LogP contribution is 2.24. The Morgan fingerprint density at radius 1 is 1.17 bits per heavy atom. The third-order valence-corrected chi connectivity index (χ3v) is 4.24. The summed E-state index contributed by atoms with van der Waals surface area (Å²) < 4.78 is 1.70. The molecule has 24 heavy (non-hydrogen) atoms. The van der Waals surface area contributed by atoms with Crippen LogP contribution >= 0.6 is 0 Å². The second kappa shape index (κ2) is 7.18. The first kappa shape index (κ1) is 18.2. The van der Waals surface area contributed by atoms with Crippen LogP contribution in [0.2, 0.25) is 0 Å². The first-order valence-electron chi connectivity index (χ1n) is 8.29. The monoisotopic (exact) mass is 328 g/mol. The molecule has 1 amide bonds. The summed E-state index contributed by atoms with van der Waals surface area (Å²) in [5.74, 6) is -0.0575. The van der Waals surface area contributed by atoms with Crippen LogP contribution < -0.4 is 10.6 Å². The average molecular weight is 328 g/mol. The molecule has 2 N–H and O–H groups in total. The number of aryl methyl sites for hydroxylation is 1. The van der Waals surface area contributed by atoms with Crippen molar-refractivity contribution in [2.75, 3.05) is 7.05 Å². The Labute approximate surface area is 144 Å². The number of benzene rings is 1. The van der Waals surface area contributed by atoms with Crippen LogP contribution in [0.15, 0.2) is 36.7 Å². The van der Waals surface area contributed by atoms with Crippen molar-refractivity contribution in [1.29, 1.82) is 0 Å². The van der Waals surface area contributed by atoms with Crippen LogP contribution in [-0.2, 0) is 17.3 Å². The maximum atomic E-state index is 12.6. The van der Waals surface area contributed by atoms with Gasteiger partial charge in [-0.2, -0.15) is 5.10 Å². The zero-order valence-electron chi connectivity index (χ0n) is 15.4. The van der Waals surface area contributed by atoms with Crippen LogP contribution in [0, 0.1) is 0 Å². The first-order valence-corrected chi connectivity index (χ1v) is 8.29. The van der Waals surface area contributed by atoms with Gasteiger partial charge >= 0.3 is 0 Å². The van der Waals surface area contributed by atoms with Crippen molar-refractivity contribution in [3.8, 4) is 0 Å². The van der Waals surface area contributed by atoms with Crippen molar-refractivity contribution >= 4 is 5.91 Å². The second-order valence-corrected chi connectivity index (χ2v) is 7.27. The zero-order chi connectivity index (χ0) is 17.9. The smallest absolute Gasteiger partial charge is 0.242 e. The van der Waals surface area contributed by atoms with Crippen LogP contribution in [0.25, 0.3) is 0 Å². The Morgan fingerprint density at radius 3 is 2.25 bits per heavy atom. The topological polar surface area (TPSA) is 59.0 Å². The molecular formula is C19H28N4O. The number of nitrogens with one attached hydrogen (secondary N) is 2. The van der Waals surface area contributed by atoms with Gasteiger partial charge in [-0.25, -0.2) is 0 Å². The van der Waals surface area contributed by atoms with Gasteiger partial charge < -0.3 is 10.6 Å². The maximum Gasteiger partial charge on any atom is 0.242 e. The van der Waals surface area contributed by atoms with Gasteiger partial charge in [0.15, 0.2) is 0 Å². The van der Waals surface area contributed by atoms with Crippen molar-refractivity contribution in [2.24, 2.45) is 7.05 Å². The van der Waals surface area contributed by atoms with E-state index in [0.717, 1.165) is 11.1 Å². The lowest BCUT2D eigenvalue weighted by atomic mass is 9.86. The van der Waals surface area contributed by atoms with Crippen molar-refractivity contribution in [3.05, 3.63) is 53.3 Å². The van der Waals surface area contributed by atoms with E-state index < -0.39 is 6.04 Å². The number of hydrogen-bond acceptors (Lipinski definition) is 3. The van der Waals surface area contributed by atoms with Gasteiger partial charge in [0.1, 0.15) is 6.04 Å². The number of hydrogen-bond donors (Lipinski definition) is 2. The summed E-state index contributed by atoms with van der Waals surface area (Å²) in [5, 5.41) is 10.3. The molecule has 0 aliphatic heterocycles. The molecule has 0 bridgehead atoms. The number of carbonyl (C=O) groups excluding carboxylic acids is 1. The molecule has 1 heterocycles. The van der Waals surface area contributed by atoms with Crippen LogP contribution in [0.5, 0.6) is 0 Å². The highest BCUT2D eigenvalue weighted by Gasteiger charge is 2.22. The van der Waals surface area contributed by atoms with E-state index in [2.05, 4.69) is 60.8 Å². The van der Waals surface area contributed by atoms with E-state index >= 15 is 0 Å². The predicted molar refractivity (Wildman–Crippen MR) is 96.7 cm³/mol. The molecule has 2 aromatic rings. The number of carbonyl (C=O) groups is 1. The molecule has 130 valence electrons. The highest BCUT2D eigenvalue weighted by molar-refractivity contribution is 5.83. The molecule has 1 aromatic carbocycles. The number of rotatable bonds is 5. The fourth-order valence-electron chi connectivity index (χ4n) is 2.69. The normalized spacial score (nSPS) is 14.2. The van der Waals surface area contributed by atoms with Crippen LogP contribution in [-0.4, -0.2) is 22.7 Å². The van der Waals surface area contributed by atoms with Crippen molar-refractivity contribution in [3.63, 3.8) is 0 Å². The lowest BCUT2D eigenvalue weighted by molar-refractivity contribution is -0.123. The summed E-state index contributed by atoms with van der Waals surface area (Å²) in [5.41, 5.74) is 3.36. The maximum absolute atomic E-state index is 12.6. The number of aromatic nitrogens is 2. The molecular weight excluding hydrogens is 300 g/mol. The lowest BCUT2D eigenvalue weighted by Crippen LogP contribution is -2.37. The molecule has 5 nitrogen and oxygen atoms in total. The Morgan fingerprint density at radius 2 is 1.79 bits per heavy atom.